The summed E-state index contributed by atoms with van der Waals surface area (Å²) in [5, 5.41) is 24.0. The van der Waals surface area contributed by atoms with Crippen LogP contribution in [0.1, 0.15) is 72.4 Å². The van der Waals surface area contributed by atoms with Gasteiger partial charge >= 0.3 is 0 Å². The molecule has 7 rings (SSSR count). The number of aryl methyl sites for hydroxylation is 3. The molecule has 5 N–H and O–H groups in total. The highest BCUT2D eigenvalue weighted by Crippen LogP contribution is 2.31. The number of anilines is 4. The van der Waals surface area contributed by atoms with E-state index >= 15 is 0 Å². The molecule has 0 bridgehead atoms. The van der Waals surface area contributed by atoms with Crippen molar-refractivity contribution in [3.8, 4) is 10.4 Å². The first kappa shape index (κ1) is 53.2. The predicted octanol–water partition coefficient (Wildman–Crippen LogP) is 6.38. The van der Waals surface area contributed by atoms with E-state index in [2.05, 4.69) is 46.1 Å². The Morgan fingerprint density at radius 3 is 2.39 bits per heavy atom. The first-order chi connectivity index (χ1) is 34.0. The van der Waals surface area contributed by atoms with Gasteiger partial charge < -0.3 is 50.5 Å². The number of rotatable bonds is 21. The standard InChI is InChI=1S/C50H64ClN11O7S2/c1-31-9-7-10-37(51)43(31)59-47(66)39-28-54-49(71-39)58-40-26-41(57-33(3)56-40)60-17-19-61(20-18-60)42(64)15-22-69-24-23-68-21-8-16-52-45(50(4,5)6)48(67)62-29-36(63)25-38(62)46(65)53-27-34-11-13-35(14-12-34)44-32(2)55-30-70-44/h7,9-14,26,28,30,36,38,45,52,63H,8,15-25,27,29H2,1-6H3,(H,53,65)(H,59,66)(H,54,56,57,58)/t36-,38+,45-/m1/s1. The van der Waals surface area contributed by atoms with E-state index in [9.17, 15) is 24.3 Å². The molecule has 21 heteroatoms. The minimum Gasteiger partial charge on any atom is -0.391 e. The number of carbonyl (C=O) groups excluding carboxylic acids is 4. The Hall–Kier alpha value is -5.61. The van der Waals surface area contributed by atoms with E-state index in [1.165, 1.54) is 22.4 Å². The topological polar surface area (TPSA) is 216 Å². The summed E-state index contributed by atoms with van der Waals surface area (Å²) >= 11 is 9.08. The Morgan fingerprint density at radius 1 is 0.944 bits per heavy atom. The summed E-state index contributed by atoms with van der Waals surface area (Å²) in [6.07, 6.45) is 1.80. The molecule has 0 unspecified atom stereocenters. The second-order valence-corrected chi connectivity index (χ2v) is 21.0. The van der Waals surface area contributed by atoms with Crippen LogP contribution >= 0.6 is 34.3 Å². The monoisotopic (exact) mass is 1030 g/mol. The van der Waals surface area contributed by atoms with Gasteiger partial charge in [0.05, 0.1) is 71.4 Å². The lowest BCUT2D eigenvalue weighted by molar-refractivity contribution is -0.142. The van der Waals surface area contributed by atoms with E-state index in [4.69, 9.17) is 21.1 Å². The largest absolute Gasteiger partial charge is 0.391 e. The summed E-state index contributed by atoms with van der Waals surface area (Å²) in [5.41, 5.74) is 5.77. The highest BCUT2D eigenvalue weighted by Gasteiger charge is 2.43. The third-order valence-corrected chi connectivity index (χ3v) is 14.5. The first-order valence-corrected chi connectivity index (χ1v) is 25.9. The van der Waals surface area contributed by atoms with E-state index in [0.717, 1.165) is 33.1 Å². The molecule has 2 aromatic carbocycles. The van der Waals surface area contributed by atoms with Gasteiger partial charge in [-0.05, 0) is 61.9 Å². The molecule has 0 radical (unpaired) electrons. The molecular formula is C50H64ClN11O7S2. The van der Waals surface area contributed by atoms with Gasteiger partial charge in [0, 0.05) is 58.4 Å². The first-order valence-electron chi connectivity index (χ1n) is 23.9. The highest BCUT2D eigenvalue weighted by molar-refractivity contribution is 7.17. The van der Waals surface area contributed by atoms with Gasteiger partial charge in [0.1, 0.15) is 28.4 Å². The quantitative estimate of drug-likeness (QED) is 0.0505. The van der Waals surface area contributed by atoms with Gasteiger partial charge in [-0.15, -0.1) is 11.3 Å². The number of aromatic nitrogens is 4. The van der Waals surface area contributed by atoms with Crippen LogP contribution < -0.4 is 26.2 Å². The zero-order valence-corrected chi connectivity index (χ0v) is 43.5. The lowest BCUT2D eigenvalue weighted by atomic mass is 9.85. The van der Waals surface area contributed by atoms with Gasteiger partial charge in [-0.25, -0.2) is 19.9 Å². The molecule has 0 saturated carbocycles. The number of nitrogens with zero attached hydrogens (tertiary/aromatic N) is 7. The average molecular weight is 1030 g/mol. The van der Waals surface area contributed by atoms with Crippen molar-refractivity contribution in [2.75, 3.05) is 81.2 Å². The Balaban J connectivity index is 0.762. The molecule has 0 aliphatic carbocycles. The molecule has 4 amide bonds. The molecule has 5 aromatic rings. The number of aliphatic hydroxyl groups is 1. The normalized spacial score (nSPS) is 16.5. The van der Waals surface area contributed by atoms with E-state index < -0.39 is 23.6 Å². The number of hydrogen-bond acceptors (Lipinski definition) is 16. The number of para-hydroxylation sites is 1. The van der Waals surface area contributed by atoms with Crippen LogP contribution in [-0.2, 0) is 30.4 Å². The summed E-state index contributed by atoms with van der Waals surface area (Å²) in [5.74, 6) is 1.05. The van der Waals surface area contributed by atoms with Crippen LogP contribution in [0.3, 0.4) is 0 Å². The molecule has 71 heavy (non-hydrogen) atoms. The molecule has 5 heterocycles. The van der Waals surface area contributed by atoms with Crippen molar-refractivity contribution in [2.24, 2.45) is 5.41 Å². The fourth-order valence-corrected chi connectivity index (χ4v) is 10.2. The molecule has 0 spiro atoms. The van der Waals surface area contributed by atoms with Crippen LogP contribution in [0.2, 0.25) is 5.02 Å². The van der Waals surface area contributed by atoms with Crippen molar-refractivity contribution < 1.29 is 33.8 Å². The zero-order valence-electron chi connectivity index (χ0n) is 41.1. The molecule has 2 saturated heterocycles. The number of carbonyl (C=O) groups is 4. The molecular weight excluding hydrogens is 966 g/mol. The van der Waals surface area contributed by atoms with Crippen LogP contribution in [0.5, 0.6) is 0 Å². The van der Waals surface area contributed by atoms with Crippen LogP contribution in [-0.4, -0.2) is 142 Å². The fraction of sp³-hybridized carbons (Fsp3) is 0.480. The minimum absolute atomic E-state index is 0.0219. The van der Waals surface area contributed by atoms with Crippen LogP contribution in [0.4, 0.5) is 22.5 Å². The van der Waals surface area contributed by atoms with Crippen LogP contribution in [0.15, 0.2) is 60.2 Å². The molecule has 18 nitrogen and oxygen atoms in total. The number of piperazine rings is 1. The average Bonchev–Trinajstić information content (AvgIpc) is 4.10. The van der Waals surface area contributed by atoms with Crippen LogP contribution in [0.25, 0.3) is 10.4 Å². The van der Waals surface area contributed by atoms with Crippen molar-refractivity contribution in [1.82, 2.24) is 40.4 Å². The van der Waals surface area contributed by atoms with Crippen molar-refractivity contribution in [2.45, 2.75) is 85.5 Å². The molecule has 3 aromatic heterocycles. The Morgan fingerprint density at radius 2 is 1.69 bits per heavy atom. The number of β-amino-alcohol motifs (C(OH)–C–C–N with tert-alkyl or cyclic N) is 1. The zero-order chi connectivity index (χ0) is 50.7. The second kappa shape index (κ2) is 24.7. The van der Waals surface area contributed by atoms with Crippen molar-refractivity contribution in [3.63, 3.8) is 0 Å². The number of thiazole rings is 2. The number of nitrogens with one attached hydrogen (secondary N) is 4. The summed E-state index contributed by atoms with van der Waals surface area (Å²) in [6, 6.07) is 13.9. The smallest absolute Gasteiger partial charge is 0.267 e. The van der Waals surface area contributed by atoms with Gasteiger partial charge in [-0.1, -0.05) is 80.1 Å². The summed E-state index contributed by atoms with van der Waals surface area (Å²) in [7, 11) is 0. The van der Waals surface area contributed by atoms with Gasteiger partial charge in [-0.3, -0.25) is 19.2 Å². The van der Waals surface area contributed by atoms with Gasteiger partial charge in [0.15, 0.2) is 5.13 Å². The maximum atomic E-state index is 14.0. The number of aliphatic hydroxyl groups excluding tert-OH is 1. The van der Waals surface area contributed by atoms with Gasteiger partial charge in [0.2, 0.25) is 17.7 Å². The molecule has 380 valence electrons. The van der Waals surface area contributed by atoms with Gasteiger partial charge in [-0.2, -0.15) is 0 Å². The van der Waals surface area contributed by atoms with E-state index in [-0.39, 0.29) is 49.6 Å². The molecule has 2 aliphatic heterocycles. The van der Waals surface area contributed by atoms with Gasteiger partial charge in [0.25, 0.3) is 5.91 Å². The minimum atomic E-state index is -0.788. The third-order valence-electron chi connectivity index (χ3n) is 12.3. The van der Waals surface area contributed by atoms with E-state index in [1.807, 2.05) is 94.4 Å². The Labute approximate surface area is 427 Å². The van der Waals surface area contributed by atoms with Crippen molar-refractivity contribution >= 4 is 80.4 Å². The number of ether oxygens (including phenoxy) is 2. The summed E-state index contributed by atoms with van der Waals surface area (Å²) < 4.78 is 11.5. The predicted molar refractivity (Wildman–Crippen MR) is 277 cm³/mol. The maximum Gasteiger partial charge on any atom is 0.267 e. The lowest BCUT2D eigenvalue weighted by Gasteiger charge is -2.35. The maximum absolute atomic E-state index is 14.0. The van der Waals surface area contributed by atoms with Crippen LogP contribution in [0, 0.1) is 26.2 Å². The summed E-state index contributed by atoms with van der Waals surface area (Å²) in [4.78, 5) is 78.3. The lowest BCUT2D eigenvalue weighted by Crippen LogP contribution is -2.56. The van der Waals surface area contributed by atoms with Crippen molar-refractivity contribution in [3.05, 3.63) is 92.8 Å². The molecule has 3 atom stereocenters. The van der Waals surface area contributed by atoms with Crippen molar-refractivity contribution in [1.29, 1.82) is 0 Å². The molecule has 2 aliphatic rings. The number of likely N-dealkylation sites (tertiary alicyclic amines) is 1. The molecule has 2 fully saturated rings. The SMILES string of the molecule is Cc1nc(Nc2ncc(C(=O)Nc3c(C)cccc3Cl)s2)cc(N2CCN(C(=O)CCOCCOCCCN[C@H](C(=O)N3C[C@H](O)C[C@H]3C(=O)NCc3ccc(-c4scnc4C)cc3)C(C)(C)C)CC2)n1. The summed E-state index contributed by atoms with van der Waals surface area (Å²) in [6.45, 7) is 16.2. The third kappa shape index (κ3) is 14.5. The Bertz CT molecular complexity index is 2600. The van der Waals surface area contributed by atoms with E-state index in [1.54, 1.807) is 17.4 Å². The second-order valence-electron chi connectivity index (χ2n) is 18.7. The number of amides is 4. The number of hydrogen-bond donors (Lipinski definition) is 5. The number of benzene rings is 2. The highest BCUT2D eigenvalue weighted by atomic mass is 35.5. The number of halogens is 1. The Kier molecular flexibility index (Phi) is 18.5. The van der Waals surface area contributed by atoms with E-state index in [0.29, 0.717) is 97.9 Å². The fourth-order valence-electron chi connectivity index (χ4n) is 8.43.